The highest BCUT2D eigenvalue weighted by Crippen LogP contribution is 2.18. The number of hydrogen-bond donors (Lipinski definition) is 1. The molecule has 17 heavy (non-hydrogen) atoms. The van der Waals surface area contributed by atoms with Gasteiger partial charge in [0.15, 0.2) is 5.82 Å². The Balaban J connectivity index is 2.45. The van der Waals surface area contributed by atoms with Crippen molar-refractivity contribution in [3.05, 3.63) is 29.5 Å². The lowest BCUT2D eigenvalue weighted by molar-refractivity contribution is 0.786. The van der Waals surface area contributed by atoms with Crippen molar-refractivity contribution in [2.75, 3.05) is 5.73 Å². The number of hydrogen-bond acceptors (Lipinski definition) is 4. The molecule has 90 valence electrons. The van der Waals surface area contributed by atoms with E-state index < -0.39 is 0 Å². The van der Waals surface area contributed by atoms with Crippen LogP contribution in [0.5, 0.6) is 0 Å². The van der Waals surface area contributed by atoms with E-state index in [2.05, 4.69) is 22.0 Å². The molecule has 0 saturated heterocycles. The number of nitrogens with two attached hydrogens (primary N) is 1. The van der Waals surface area contributed by atoms with Crippen LogP contribution in [0.15, 0.2) is 12.4 Å². The van der Waals surface area contributed by atoms with Crippen molar-refractivity contribution in [3.8, 4) is 5.82 Å². The van der Waals surface area contributed by atoms with E-state index in [0.29, 0.717) is 0 Å². The van der Waals surface area contributed by atoms with Gasteiger partial charge in [0.2, 0.25) is 0 Å². The van der Waals surface area contributed by atoms with Crippen molar-refractivity contribution in [3.63, 3.8) is 0 Å². The van der Waals surface area contributed by atoms with E-state index in [4.69, 9.17) is 5.73 Å². The van der Waals surface area contributed by atoms with Gasteiger partial charge in [-0.3, -0.25) is 0 Å². The van der Waals surface area contributed by atoms with Crippen LogP contribution >= 0.6 is 0 Å². The second-order valence-corrected chi connectivity index (χ2v) is 4.11. The van der Waals surface area contributed by atoms with Gasteiger partial charge in [0.25, 0.3) is 0 Å². The second-order valence-electron chi connectivity index (χ2n) is 4.11. The van der Waals surface area contributed by atoms with Crippen molar-refractivity contribution >= 4 is 5.69 Å². The maximum Gasteiger partial charge on any atom is 0.157 e. The van der Waals surface area contributed by atoms with Crippen LogP contribution < -0.4 is 5.73 Å². The van der Waals surface area contributed by atoms with Gasteiger partial charge in [-0.15, -0.1) is 0 Å². The topological polar surface area (TPSA) is 69.6 Å². The summed E-state index contributed by atoms with van der Waals surface area (Å²) in [6, 6.07) is 1.96. The summed E-state index contributed by atoms with van der Waals surface area (Å²) >= 11 is 0. The predicted molar refractivity (Wildman–Crippen MR) is 67.0 cm³/mol. The molecule has 5 nitrogen and oxygen atoms in total. The van der Waals surface area contributed by atoms with Gasteiger partial charge in [-0.2, -0.15) is 5.10 Å². The molecule has 5 heteroatoms. The van der Waals surface area contributed by atoms with Crippen molar-refractivity contribution in [1.29, 1.82) is 0 Å². The summed E-state index contributed by atoms with van der Waals surface area (Å²) in [7, 11) is 0. The summed E-state index contributed by atoms with van der Waals surface area (Å²) in [4.78, 5) is 8.47. The van der Waals surface area contributed by atoms with Crippen molar-refractivity contribution in [2.45, 2.75) is 33.6 Å². The van der Waals surface area contributed by atoms with Crippen LogP contribution in [0, 0.1) is 13.8 Å². The average molecular weight is 231 g/mol. The first-order valence-corrected chi connectivity index (χ1v) is 5.76. The van der Waals surface area contributed by atoms with Crippen LogP contribution in [-0.2, 0) is 6.42 Å². The summed E-state index contributed by atoms with van der Waals surface area (Å²) in [5.74, 6) is 0.778. The van der Waals surface area contributed by atoms with E-state index in [1.807, 2.05) is 19.9 Å². The van der Waals surface area contributed by atoms with Gasteiger partial charge in [-0.1, -0.05) is 13.3 Å². The third kappa shape index (κ3) is 2.13. The molecule has 0 amide bonds. The molecular formula is C12H17N5. The molecule has 0 saturated carbocycles. The molecule has 0 fully saturated rings. The van der Waals surface area contributed by atoms with Gasteiger partial charge in [0.1, 0.15) is 6.33 Å². The smallest absolute Gasteiger partial charge is 0.157 e. The Hall–Kier alpha value is -1.91. The minimum Gasteiger partial charge on any atom is -0.396 e. The Morgan fingerprint density at radius 1 is 1.29 bits per heavy atom. The van der Waals surface area contributed by atoms with Gasteiger partial charge in [0.05, 0.1) is 17.1 Å². The predicted octanol–water partition coefficient (Wildman–Crippen LogP) is 1.81. The molecule has 0 aromatic carbocycles. The molecule has 0 radical (unpaired) electrons. The molecule has 0 atom stereocenters. The maximum atomic E-state index is 5.91. The highest BCUT2D eigenvalue weighted by molar-refractivity contribution is 5.49. The fourth-order valence-electron chi connectivity index (χ4n) is 1.77. The molecule has 0 aliphatic rings. The van der Waals surface area contributed by atoms with Gasteiger partial charge in [0, 0.05) is 11.8 Å². The van der Waals surface area contributed by atoms with Crippen LogP contribution in [0.2, 0.25) is 0 Å². The Bertz CT molecular complexity index is 530. The van der Waals surface area contributed by atoms with Crippen molar-refractivity contribution in [1.82, 2.24) is 19.7 Å². The number of nitrogen functional groups attached to an aromatic ring is 1. The molecule has 0 aliphatic heterocycles. The monoisotopic (exact) mass is 231 g/mol. The minimum atomic E-state index is 0.723. The zero-order valence-corrected chi connectivity index (χ0v) is 10.4. The molecule has 0 unspecified atom stereocenters. The molecule has 0 spiro atoms. The number of nitrogens with zero attached hydrogens (tertiary/aromatic N) is 4. The number of aryl methyl sites for hydroxylation is 2. The number of rotatable bonds is 3. The van der Waals surface area contributed by atoms with Crippen molar-refractivity contribution < 1.29 is 0 Å². The van der Waals surface area contributed by atoms with Gasteiger partial charge in [-0.05, 0) is 20.3 Å². The van der Waals surface area contributed by atoms with E-state index in [1.165, 1.54) is 0 Å². The molecular weight excluding hydrogens is 214 g/mol. The Morgan fingerprint density at radius 2 is 2.06 bits per heavy atom. The summed E-state index contributed by atoms with van der Waals surface area (Å²) in [5, 5.41) is 4.38. The van der Waals surface area contributed by atoms with E-state index in [9.17, 15) is 0 Å². The van der Waals surface area contributed by atoms with Crippen LogP contribution in [0.25, 0.3) is 5.82 Å². The van der Waals surface area contributed by atoms with E-state index in [1.54, 1.807) is 11.0 Å². The van der Waals surface area contributed by atoms with Gasteiger partial charge >= 0.3 is 0 Å². The van der Waals surface area contributed by atoms with Crippen LogP contribution in [0.1, 0.15) is 30.4 Å². The largest absolute Gasteiger partial charge is 0.396 e. The van der Waals surface area contributed by atoms with E-state index >= 15 is 0 Å². The first-order valence-electron chi connectivity index (χ1n) is 5.76. The van der Waals surface area contributed by atoms with Crippen LogP contribution in [0.4, 0.5) is 5.69 Å². The fourth-order valence-corrected chi connectivity index (χ4v) is 1.77. The van der Waals surface area contributed by atoms with Gasteiger partial charge in [-0.25, -0.2) is 14.6 Å². The van der Waals surface area contributed by atoms with E-state index in [-0.39, 0.29) is 0 Å². The SMILES string of the molecule is CCCc1cc(-n2nc(C)c(N)c2C)ncn1. The zero-order valence-electron chi connectivity index (χ0n) is 10.4. The molecule has 2 N–H and O–H groups in total. The summed E-state index contributed by atoms with van der Waals surface area (Å²) < 4.78 is 1.77. The van der Waals surface area contributed by atoms with Crippen LogP contribution in [-0.4, -0.2) is 19.7 Å². The summed E-state index contributed by atoms with van der Waals surface area (Å²) in [6.45, 7) is 5.97. The lowest BCUT2D eigenvalue weighted by Gasteiger charge is -2.04. The lowest BCUT2D eigenvalue weighted by atomic mass is 10.2. The molecule has 2 heterocycles. The minimum absolute atomic E-state index is 0.723. The van der Waals surface area contributed by atoms with Crippen LogP contribution in [0.3, 0.4) is 0 Å². The first-order chi connectivity index (χ1) is 8.13. The molecule has 2 aromatic rings. The molecule has 2 aromatic heterocycles. The highest BCUT2D eigenvalue weighted by Gasteiger charge is 2.11. The average Bonchev–Trinajstić information content (AvgIpc) is 2.58. The Morgan fingerprint density at radius 3 is 2.65 bits per heavy atom. The highest BCUT2D eigenvalue weighted by atomic mass is 15.3. The summed E-state index contributed by atoms with van der Waals surface area (Å²) in [6.07, 6.45) is 3.59. The maximum absolute atomic E-state index is 5.91. The first kappa shape index (κ1) is 11.6. The normalized spacial score (nSPS) is 10.8. The summed E-state index contributed by atoms with van der Waals surface area (Å²) in [5.41, 5.74) is 9.42. The Labute approximate surface area is 101 Å². The van der Waals surface area contributed by atoms with E-state index in [0.717, 1.165) is 41.4 Å². The quantitative estimate of drug-likeness (QED) is 0.874. The third-order valence-corrected chi connectivity index (χ3v) is 2.78. The molecule has 0 aliphatic carbocycles. The fraction of sp³-hybridized carbons (Fsp3) is 0.417. The number of anilines is 1. The Kier molecular flexibility index (Phi) is 3.08. The second kappa shape index (κ2) is 4.53. The lowest BCUT2D eigenvalue weighted by Crippen LogP contribution is -2.04. The van der Waals surface area contributed by atoms with Gasteiger partial charge < -0.3 is 5.73 Å². The number of aromatic nitrogens is 4. The standard InChI is InChI=1S/C12H17N5/c1-4-5-10-6-11(15-7-14-10)17-9(3)12(13)8(2)16-17/h6-7H,4-5,13H2,1-3H3. The molecule has 0 bridgehead atoms. The zero-order chi connectivity index (χ0) is 12.4. The third-order valence-electron chi connectivity index (χ3n) is 2.78. The van der Waals surface area contributed by atoms with Crippen molar-refractivity contribution in [2.24, 2.45) is 0 Å². The molecule has 2 rings (SSSR count).